The number of aromatic hydroxyl groups is 1. The second-order valence-corrected chi connectivity index (χ2v) is 6.58. The number of phenols is 1. The highest BCUT2D eigenvalue weighted by Crippen LogP contribution is 2.23. The lowest BCUT2D eigenvalue weighted by molar-refractivity contribution is -0.119. The van der Waals surface area contributed by atoms with Crippen molar-refractivity contribution in [3.8, 4) is 11.5 Å². The van der Waals surface area contributed by atoms with Gasteiger partial charge in [-0.2, -0.15) is 8.78 Å². The molecule has 5 nitrogen and oxygen atoms in total. The number of hydrogen-bond donors (Lipinski definition) is 2. The van der Waals surface area contributed by atoms with E-state index in [1.54, 1.807) is 36.4 Å². The third-order valence-corrected chi connectivity index (χ3v) is 4.35. The largest absolute Gasteiger partial charge is 0.508 e. The fourth-order valence-electron chi connectivity index (χ4n) is 2.96. The van der Waals surface area contributed by atoms with Crippen molar-refractivity contribution in [1.29, 1.82) is 0 Å². The van der Waals surface area contributed by atoms with Gasteiger partial charge in [0.05, 0.1) is 6.04 Å². The number of amides is 1. The van der Waals surface area contributed by atoms with Gasteiger partial charge in [0, 0.05) is 25.7 Å². The minimum atomic E-state index is -2.75. The Morgan fingerprint density at radius 2 is 1.64 bits per heavy atom. The van der Waals surface area contributed by atoms with Crippen LogP contribution in [0.2, 0.25) is 0 Å². The zero-order valence-electron chi connectivity index (χ0n) is 16.1. The van der Waals surface area contributed by atoms with Crippen molar-refractivity contribution in [3.05, 3.63) is 54.1 Å². The zero-order chi connectivity index (χ0) is 20.5. The Kier molecular flexibility index (Phi) is 8.04. The van der Waals surface area contributed by atoms with Gasteiger partial charge in [-0.3, -0.25) is 4.79 Å². The predicted molar refractivity (Wildman–Crippen MR) is 105 cm³/mol. The molecule has 1 saturated heterocycles. The van der Waals surface area contributed by atoms with Crippen LogP contribution in [0.4, 0.5) is 14.5 Å². The molecule has 1 heterocycles. The number of hydrogen-bond acceptors (Lipinski definition) is 4. The molecule has 0 spiro atoms. The van der Waals surface area contributed by atoms with Crippen LogP contribution in [0.15, 0.2) is 48.5 Å². The molecule has 1 aliphatic rings. The molecular weight excluding hydrogens is 366 g/mol. The average molecular weight is 392 g/mol. The smallest absolute Gasteiger partial charge is 0.387 e. The van der Waals surface area contributed by atoms with Gasteiger partial charge in [0.15, 0.2) is 0 Å². The molecule has 0 bridgehead atoms. The van der Waals surface area contributed by atoms with Gasteiger partial charge in [0.1, 0.15) is 11.5 Å². The van der Waals surface area contributed by atoms with Crippen molar-refractivity contribution in [1.82, 2.24) is 5.32 Å². The molecule has 7 heteroatoms. The second kappa shape index (κ2) is 10.5. The Labute approximate surface area is 163 Å². The van der Waals surface area contributed by atoms with Crippen LogP contribution in [0.1, 0.15) is 38.3 Å². The van der Waals surface area contributed by atoms with Crippen LogP contribution in [0.3, 0.4) is 0 Å². The van der Waals surface area contributed by atoms with Crippen LogP contribution in [0.5, 0.6) is 11.5 Å². The van der Waals surface area contributed by atoms with E-state index < -0.39 is 6.61 Å². The minimum absolute atomic E-state index is 0.0156. The van der Waals surface area contributed by atoms with Gasteiger partial charge in [0.25, 0.3) is 0 Å². The number of alkyl halides is 2. The number of carbonyl (C=O) groups is 1. The van der Waals surface area contributed by atoms with Gasteiger partial charge in [-0.1, -0.05) is 12.1 Å². The maximum absolute atomic E-state index is 11.9. The number of nitrogens with one attached hydrogen (secondary N) is 1. The number of ether oxygens (including phenoxy) is 1. The van der Waals surface area contributed by atoms with E-state index in [1.807, 2.05) is 19.1 Å². The van der Waals surface area contributed by atoms with Crippen molar-refractivity contribution in [2.45, 2.75) is 39.3 Å². The van der Waals surface area contributed by atoms with Crippen LogP contribution >= 0.6 is 0 Å². The molecule has 1 fully saturated rings. The van der Waals surface area contributed by atoms with Crippen LogP contribution in [0.25, 0.3) is 0 Å². The second-order valence-electron chi connectivity index (χ2n) is 6.58. The van der Waals surface area contributed by atoms with E-state index in [0.29, 0.717) is 0 Å². The zero-order valence-corrected chi connectivity index (χ0v) is 16.1. The van der Waals surface area contributed by atoms with E-state index in [-0.39, 0.29) is 23.4 Å². The third-order valence-electron chi connectivity index (χ3n) is 4.35. The van der Waals surface area contributed by atoms with E-state index in [0.717, 1.165) is 24.3 Å². The van der Waals surface area contributed by atoms with E-state index in [4.69, 9.17) is 5.11 Å². The summed E-state index contributed by atoms with van der Waals surface area (Å²) in [7, 11) is 0. The molecule has 1 amide bonds. The van der Waals surface area contributed by atoms with Gasteiger partial charge in [-0.25, -0.2) is 0 Å². The first-order valence-electron chi connectivity index (χ1n) is 9.21. The van der Waals surface area contributed by atoms with Crippen LogP contribution in [0, 0.1) is 0 Å². The van der Waals surface area contributed by atoms with Crippen LogP contribution in [-0.4, -0.2) is 30.7 Å². The highest BCUT2D eigenvalue weighted by molar-refractivity contribution is 5.73. The molecule has 0 aliphatic carbocycles. The molecular formula is C21H26F2N2O3. The molecule has 0 radical (unpaired) electrons. The van der Waals surface area contributed by atoms with Crippen molar-refractivity contribution in [3.63, 3.8) is 0 Å². The fourth-order valence-corrected chi connectivity index (χ4v) is 2.96. The Morgan fingerprint density at radius 1 is 1.07 bits per heavy atom. The normalized spacial score (nSPS) is 14.2. The lowest BCUT2D eigenvalue weighted by Crippen LogP contribution is -2.23. The predicted octanol–water partition coefficient (Wildman–Crippen LogP) is 4.48. The quantitative estimate of drug-likeness (QED) is 0.788. The fraction of sp³-hybridized carbons (Fsp3) is 0.381. The van der Waals surface area contributed by atoms with Crippen molar-refractivity contribution in [2.75, 3.05) is 18.0 Å². The third kappa shape index (κ3) is 7.06. The van der Waals surface area contributed by atoms with Crippen molar-refractivity contribution < 1.29 is 23.4 Å². The molecule has 0 aromatic heterocycles. The van der Waals surface area contributed by atoms with Crippen LogP contribution < -0.4 is 15.0 Å². The maximum atomic E-state index is 11.9. The topological polar surface area (TPSA) is 61.8 Å². The van der Waals surface area contributed by atoms with E-state index in [1.165, 1.54) is 19.8 Å². The standard InChI is InChI=1S/C11H13F2NO.C10H13NO2/c12-11(13)15-10-5-3-9(4-6-10)14-7-1-2-8-14;1-7(11-8(2)12)9-3-5-10(13)6-4-9/h3-6,11H,1-2,7-8H2;3-7,13H,1-2H3,(H,11,12). The molecule has 1 unspecified atom stereocenters. The molecule has 2 N–H and O–H groups in total. The van der Waals surface area contributed by atoms with E-state index in [9.17, 15) is 13.6 Å². The number of rotatable bonds is 5. The summed E-state index contributed by atoms with van der Waals surface area (Å²) in [5.41, 5.74) is 2.06. The Morgan fingerprint density at radius 3 is 2.14 bits per heavy atom. The molecule has 3 rings (SSSR count). The molecule has 2 aromatic carbocycles. The number of anilines is 1. The summed E-state index contributed by atoms with van der Waals surface area (Å²) in [5, 5.41) is 11.8. The number of phenolic OH excluding ortho intramolecular Hbond substituents is 1. The Bertz CT molecular complexity index is 730. The molecule has 0 saturated carbocycles. The summed E-state index contributed by atoms with van der Waals surface area (Å²) in [6.07, 6.45) is 2.41. The summed E-state index contributed by atoms with van der Waals surface area (Å²) in [6.45, 7) is 2.73. The molecule has 28 heavy (non-hydrogen) atoms. The summed E-state index contributed by atoms with van der Waals surface area (Å²) in [4.78, 5) is 13.0. The number of carbonyl (C=O) groups excluding carboxylic acids is 1. The van der Waals surface area contributed by atoms with Gasteiger partial charge in [-0.15, -0.1) is 0 Å². The van der Waals surface area contributed by atoms with Crippen molar-refractivity contribution in [2.24, 2.45) is 0 Å². The molecule has 152 valence electrons. The first-order chi connectivity index (χ1) is 13.3. The lowest BCUT2D eigenvalue weighted by atomic mass is 10.1. The Balaban J connectivity index is 0.000000203. The Hall–Kier alpha value is -2.83. The first kappa shape index (κ1) is 21.5. The summed E-state index contributed by atoms with van der Waals surface area (Å²) >= 11 is 0. The van der Waals surface area contributed by atoms with E-state index >= 15 is 0 Å². The molecule has 1 aliphatic heterocycles. The lowest BCUT2D eigenvalue weighted by Gasteiger charge is -2.17. The van der Waals surface area contributed by atoms with E-state index in [2.05, 4.69) is 15.0 Å². The highest BCUT2D eigenvalue weighted by Gasteiger charge is 2.12. The van der Waals surface area contributed by atoms with Gasteiger partial charge in [0.2, 0.25) is 5.91 Å². The monoisotopic (exact) mass is 392 g/mol. The molecule has 2 aromatic rings. The number of nitrogens with zero attached hydrogens (tertiary/aromatic N) is 1. The SMILES string of the molecule is CC(=O)NC(C)c1ccc(O)cc1.FC(F)Oc1ccc(N2CCCC2)cc1. The maximum Gasteiger partial charge on any atom is 0.387 e. The van der Waals surface area contributed by atoms with Crippen molar-refractivity contribution >= 4 is 11.6 Å². The summed E-state index contributed by atoms with van der Waals surface area (Å²) < 4.78 is 28.1. The van der Waals surface area contributed by atoms with Crippen LogP contribution in [-0.2, 0) is 4.79 Å². The average Bonchev–Trinajstić information content (AvgIpc) is 3.17. The highest BCUT2D eigenvalue weighted by atomic mass is 19.3. The summed E-state index contributed by atoms with van der Waals surface area (Å²) in [5.74, 6) is 0.396. The van der Waals surface area contributed by atoms with Gasteiger partial charge < -0.3 is 20.1 Å². The minimum Gasteiger partial charge on any atom is -0.508 e. The van der Waals surface area contributed by atoms with Gasteiger partial charge in [-0.05, 0) is 61.7 Å². The first-order valence-corrected chi connectivity index (χ1v) is 9.21. The van der Waals surface area contributed by atoms with Gasteiger partial charge >= 0.3 is 6.61 Å². The number of halogens is 2. The summed E-state index contributed by atoms with van der Waals surface area (Å²) in [6, 6.07) is 13.6. The number of benzene rings is 2. The molecule has 1 atom stereocenters.